The van der Waals surface area contributed by atoms with Crippen molar-refractivity contribution < 1.29 is 13.2 Å². The first-order valence-corrected chi connectivity index (χ1v) is 17.4. The predicted molar refractivity (Wildman–Crippen MR) is 177 cm³/mol. The van der Waals surface area contributed by atoms with E-state index in [9.17, 15) is 13.2 Å². The van der Waals surface area contributed by atoms with Crippen molar-refractivity contribution in [1.29, 1.82) is 0 Å². The fourth-order valence-electron chi connectivity index (χ4n) is 6.11. The smallest absolute Gasteiger partial charge is 0.243 e. The summed E-state index contributed by atoms with van der Waals surface area (Å²) in [6, 6.07) is 9.86. The fraction of sp³-hybridized carbons (Fsp3) is 0.400. The van der Waals surface area contributed by atoms with Gasteiger partial charge in [-0.25, -0.2) is 18.4 Å². The molecule has 2 fully saturated rings. The lowest BCUT2D eigenvalue weighted by Crippen LogP contribution is -2.45. The molecule has 2 aliphatic rings. The van der Waals surface area contributed by atoms with Crippen LogP contribution in [0.15, 0.2) is 47.5 Å². The van der Waals surface area contributed by atoms with Crippen LogP contribution in [0.3, 0.4) is 0 Å². The van der Waals surface area contributed by atoms with Crippen LogP contribution in [-0.2, 0) is 14.8 Å². The van der Waals surface area contributed by atoms with Crippen LogP contribution in [0, 0.1) is 12.8 Å². The Hall–Kier alpha value is -3.16. The van der Waals surface area contributed by atoms with E-state index in [0.29, 0.717) is 82.5 Å². The normalized spacial score (nSPS) is 21.1. The molecule has 1 saturated carbocycles. The van der Waals surface area contributed by atoms with Gasteiger partial charge in [0.25, 0.3) is 0 Å². The van der Waals surface area contributed by atoms with Crippen LogP contribution in [0.1, 0.15) is 50.1 Å². The number of carbonyl (C=O) groups is 1. The predicted octanol–water partition coefficient (Wildman–Crippen LogP) is 6.32. The van der Waals surface area contributed by atoms with Crippen molar-refractivity contribution in [2.75, 3.05) is 23.7 Å². The average Bonchev–Trinajstić information content (AvgIpc) is 3.36. The number of aryl methyl sites for hydroxylation is 1. The molecule has 1 aliphatic carbocycles. The summed E-state index contributed by atoms with van der Waals surface area (Å²) in [5.74, 6) is 0.368. The van der Waals surface area contributed by atoms with Gasteiger partial charge in [0, 0.05) is 36.1 Å². The number of anilines is 3. The molecule has 0 bridgehead atoms. The van der Waals surface area contributed by atoms with E-state index < -0.39 is 10.0 Å². The van der Waals surface area contributed by atoms with Crippen LogP contribution in [-0.4, -0.2) is 57.3 Å². The number of amides is 1. The molecule has 4 N–H and O–H groups in total. The van der Waals surface area contributed by atoms with Gasteiger partial charge in [0.15, 0.2) is 5.65 Å². The second kappa shape index (κ2) is 12.9. The van der Waals surface area contributed by atoms with Crippen LogP contribution in [0.5, 0.6) is 0 Å². The summed E-state index contributed by atoms with van der Waals surface area (Å²) in [7, 11) is -3.64. The number of nitrogens with one attached hydrogen (secondary N) is 2. The molecule has 15 heteroatoms. The van der Waals surface area contributed by atoms with Gasteiger partial charge in [-0.15, -0.1) is 0 Å². The molecule has 0 radical (unpaired) electrons. The van der Waals surface area contributed by atoms with E-state index in [1.165, 1.54) is 4.31 Å². The van der Waals surface area contributed by atoms with Crippen LogP contribution in [0.4, 0.5) is 17.6 Å². The van der Waals surface area contributed by atoms with Gasteiger partial charge in [-0.3, -0.25) is 9.36 Å². The molecule has 0 unspecified atom stereocenters. The molecule has 1 atom stereocenters. The Balaban J connectivity index is 1.30. The van der Waals surface area contributed by atoms with Crippen LogP contribution in [0.25, 0.3) is 11.2 Å². The summed E-state index contributed by atoms with van der Waals surface area (Å²) in [5, 5.41) is 7.71. The summed E-state index contributed by atoms with van der Waals surface area (Å²) >= 11 is 19.1. The minimum atomic E-state index is -3.64. The van der Waals surface area contributed by atoms with Crippen LogP contribution < -0.4 is 16.4 Å². The highest BCUT2D eigenvalue weighted by Gasteiger charge is 2.32. The third-order valence-electron chi connectivity index (χ3n) is 8.52. The summed E-state index contributed by atoms with van der Waals surface area (Å²) in [4.78, 5) is 26.3. The summed E-state index contributed by atoms with van der Waals surface area (Å²) in [6.07, 6.45) is 5.77. The summed E-state index contributed by atoms with van der Waals surface area (Å²) in [5.41, 5.74) is 8.18. The molecule has 238 valence electrons. The van der Waals surface area contributed by atoms with E-state index in [-0.39, 0.29) is 35.3 Å². The van der Waals surface area contributed by atoms with Crippen LogP contribution >= 0.6 is 34.8 Å². The standard InChI is InChI=1S/C30H33Cl3N8O3S/c1-17-4-10-22(11-5-17)45(43,44)40-12-2-3-20(16-40)36-29-35-15-25-28(39-29)41(21-8-6-18(7-9-21)27(34)42)30(37-25)38-26-23(32)13-19(31)14-24(26)33/h4-5,10-11,13-15,18,20-21H,2-3,6-9,12,16H2,1H3,(H2,34,42)(H,37,38)(H,35,36,39)/t18?,20-,21?/m1/s1. The molecule has 6 rings (SSSR count). The van der Waals surface area contributed by atoms with Crippen molar-refractivity contribution in [1.82, 2.24) is 23.8 Å². The highest BCUT2D eigenvalue weighted by atomic mass is 35.5. The third-order valence-corrected chi connectivity index (χ3v) is 11.2. The van der Waals surface area contributed by atoms with Crippen molar-refractivity contribution in [2.24, 2.45) is 11.7 Å². The maximum atomic E-state index is 13.4. The zero-order valence-electron chi connectivity index (χ0n) is 24.5. The van der Waals surface area contributed by atoms with E-state index in [2.05, 4.69) is 15.6 Å². The minimum absolute atomic E-state index is 0.0366. The van der Waals surface area contributed by atoms with Gasteiger partial charge in [-0.2, -0.15) is 9.29 Å². The Morgan fingerprint density at radius 1 is 1.00 bits per heavy atom. The number of hydrogen-bond donors (Lipinski definition) is 3. The lowest BCUT2D eigenvalue weighted by atomic mass is 9.85. The van der Waals surface area contributed by atoms with E-state index in [4.69, 9.17) is 50.5 Å². The van der Waals surface area contributed by atoms with E-state index in [1.54, 1.807) is 42.6 Å². The highest BCUT2D eigenvalue weighted by Crippen LogP contribution is 2.40. The van der Waals surface area contributed by atoms with E-state index in [1.807, 2.05) is 11.5 Å². The van der Waals surface area contributed by atoms with Crippen molar-refractivity contribution in [3.05, 3.63) is 63.2 Å². The van der Waals surface area contributed by atoms with Gasteiger partial charge in [0.2, 0.25) is 27.8 Å². The van der Waals surface area contributed by atoms with Crippen molar-refractivity contribution >= 4 is 79.5 Å². The number of benzene rings is 2. The first-order chi connectivity index (χ1) is 21.5. The van der Waals surface area contributed by atoms with Crippen molar-refractivity contribution in [3.8, 4) is 0 Å². The Morgan fingerprint density at radius 2 is 1.69 bits per heavy atom. The van der Waals surface area contributed by atoms with Gasteiger partial charge in [-0.05, 0) is 69.7 Å². The van der Waals surface area contributed by atoms with Gasteiger partial charge in [0.1, 0.15) is 5.52 Å². The zero-order chi connectivity index (χ0) is 31.9. The molecule has 4 aromatic rings. The van der Waals surface area contributed by atoms with Crippen molar-refractivity contribution in [3.63, 3.8) is 0 Å². The Kier molecular flexibility index (Phi) is 9.13. The molecule has 1 saturated heterocycles. The molecule has 1 amide bonds. The maximum Gasteiger partial charge on any atom is 0.243 e. The van der Waals surface area contributed by atoms with Crippen molar-refractivity contribution in [2.45, 2.75) is 62.4 Å². The number of piperidine rings is 1. The first kappa shape index (κ1) is 31.8. The number of fused-ring (bicyclic) bond motifs is 1. The quantitative estimate of drug-likeness (QED) is 0.195. The molecule has 1 aliphatic heterocycles. The minimum Gasteiger partial charge on any atom is -0.369 e. The Bertz CT molecular complexity index is 1820. The molecule has 2 aromatic carbocycles. The summed E-state index contributed by atoms with van der Waals surface area (Å²) in [6.45, 7) is 2.65. The number of nitrogens with zero attached hydrogens (tertiary/aromatic N) is 5. The van der Waals surface area contributed by atoms with Gasteiger partial charge in [-0.1, -0.05) is 52.5 Å². The third kappa shape index (κ3) is 6.71. The second-order valence-corrected chi connectivity index (χ2v) is 14.8. The average molecular weight is 692 g/mol. The number of aromatic nitrogens is 4. The Morgan fingerprint density at radius 3 is 2.36 bits per heavy atom. The number of nitrogens with two attached hydrogens (primary N) is 1. The van der Waals surface area contributed by atoms with Crippen LogP contribution in [0.2, 0.25) is 15.1 Å². The largest absolute Gasteiger partial charge is 0.369 e. The summed E-state index contributed by atoms with van der Waals surface area (Å²) < 4.78 is 30.2. The lowest BCUT2D eigenvalue weighted by molar-refractivity contribution is -0.122. The maximum absolute atomic E-state index is 13.4. The zero-order valence-corrected chi connectivity index (χ0v) is 27.6. The number of primary amides is 1. The number of carbonyl (C=O) groups excluding carboxylic acids is 1. The number of hydrogen-bond acceptors (Lipinski definition) is 8. The van der Waals surface area contributed by atoms with Gasteiger partial charge in [0.05, 0.1) is 26.8 Å². The van der Waals surface area contributed by atoms with E-state index in [0.717, 1.165) is 12.0 Å². The fourth-order valence-corrected chi connectivity index (χ4v) is 8.54. The number of halogens is 3. The molecule has 2 aromatic heterocycles. The lowest BCUT2D eigenvalue weighted by Gasteiger charge is -2.32. The van der Waals surface area contributed by atoms with Gasteiger partial charge >= 0.3 is 0 Å². The topological polar surface area (TPSA) is 148 Å². The number of rotatable bonds is 8. The first-order valence-electron chi connectivity index (χ1n) is 14.8. The number of sulfonamides is 1. The molecule has 0 spiro atoms. The molecular weight excluding hydrogens is 659 g/mol. The molecule has 11 nitrogen and oxygen atoms in total. The highest BCUT2D eigenvalue weighted by molar-refractivity contribution is 7.89. The number of imidazole rings is 1. The second-order valence-electron chi connectivity index (χ2n) is 11.6. The molecule has 3 heterocycles. The molecule has 45 heavy (non-hydrogen) atoms. The Labute approximate surface area is 276 Å². The van der Waals surface area contributed by atoms with Gasteiger partial charge < -0.3 is 16.4 Å². The van der Waals surface area contributed by atoms with E-state index >= 15 is 0 Å². The SMILES string of the molecule is Cc1ccc(S(=O)(=O)N2CCC[C@@H](Nc3ncc4nc(Nc5c(Cl)cc(Cl)cc5Cl)n(C5CCC(C(N)=O)CC5)c4n3)C2)cc1. The monoisotopic (exact) mass is 690 g/mol. The molecular formula is C30H33Cl3N8O3S.